The minimum Gasteiger partial charge on any atom is -0.343 e. The molecule has 0 bridgehead atoms. The molecule has 2 fully saturated rings. The summed E-state index contributed by atoms with van der Waals surface area (Å²) in [5, 5.41) is 8.93. The number of benzene rings is 1. The van der Waals surface area contributed by atoms with Crippen molar-refractivity contribution in [3.8, 4) is 0 Å². The van der Waals surface area contributed by atoms with E-state index in [-0.39, 0.29) is 17.5 Å². The number of rotatable bonds is 4. The Hall–Kier alpha value is -2.24. The molecule has 1 aromatic carbocycles. The monoisotopic (exact) mass is 354 g/mol. The van der Waals surface area contributed by atoms with Crippen LogP contribution in [-0.2, 0) is 4.79 Å². The molecule has 1 saturated heterocycles. The lowest BCUT2D eigenvalue weighted by Crippen LogP contribution is -2.41. The van der Waals surface area contributed by atoms with Gasteiger partial charge in [-0.15, -0.1) is 5.10 Å². The van der Waals surface area contributed by atoms with E-state index in [2.05, 4.69) is 10.3 Å². The second-order valence-electron chi connectivity index (χ2n) is 7.66. The highest BCUT2D eigenvalue weighted by Crippen LogP contribution is 2.29. The van der Waals surface area contributed by atoms with Crippen LogP contribution in [0.4, 0.5) is 0 Å². The highest BCUT2D eigenvalue weighted by molar-refractivity contribution is 5.77. The highest BCUT2D eigenvalue weighted by atomic mass is 16.2. The normalized spacial score (nSPS) is 19.3. The van der Waals surface area contributed by atoms with Crippen LogP contribution in [0, 0.1) is 5.92 Å². The van der Waals surface area contributed by atoms with E-state index in [0.717, 1.165) is 25.2 Å². The molecule has 0 N–H and O–H groups in total. The van der Waals surface area contributed by atoms with Crippen molar-refractivity contribution in [1.29, 1.82) is 0 Å². The Kier molecular flexibility index (Phi) is 5.00. The molecule has 2 aromatic rings. The van der Waals surface area contributed by atoms with Gasteiger partial charge in [0.15, 0.2) is 0 Å². The molecular formula is C20H26N4O2. The minimum absolute atomic E-state index is 0.0264. The quantitative estimate of drug-likeness (QED) is 0.847. The van der Waals surface area contributed by atoms with Crippen molar-refractivity contribution in [2.45, 2.75) is 57.4 Å². The molecule has 2 aliphatic rings. The number of carbonyl (C=O) groups is 1. The summed E-state index contributed by atoms with van der Waals surface area (Å²) in [5.74, 6) is 1.02. The van der Waals surface area contributed by atoms with Crippen molar-refractivity contribution in [3.63, 3.8) is 0 Å². The lowest BCUT2D eigenvalue weighted by molar-refractivity contribution is -0.132. The Morgan fingerprint density at radius 1 is 1.08 bits per heavy atom. The number of aromatic nitrogens is 3. The lowest BCUT2D eigenvalue weighted by Gasteiger charge is -2.32. The van der Waals surface area contributed by atoms with Gasteiger partial charge in [-0.1, -0.05) is 43.0 Å². The zero-order valence-electron chi connectivity index (χ0n) is 15.1. The van der Waals surface area contributed by atoms with Crippen LogP contribution in [0.5, 0.6) is 0 Å². The number of hydrogen-bond acceptors (Lipinski definition) is 4. The van der Waals surface area contributed by atoms with Crippen LogP contribution in [0.25, 0.3) is 10.9 Å². The van der Waals surface area contributed by atoms with Gasteiger partial charge in [-0.25, -0.2) is 4.68 Å². The molecule has 0 radical (unpaired) electrons. The van der Waals surface area contributed by atoms with Gasteiger partial charge in [0.05, 0.1) is 11.4 Å². The standard InChI is InChI=1S/C20H26N4O2/c25-19(10-9-15-5-1-2-6-15)23-13-11-16(12-14-23)24-20(26)17-7-3-4-8-18(17)21-22-24/h3-4,7-8,15-16H,1-2,5-6,9-14H2. The Labute approximate surface area is 153 Å². The first-order chi connectivity index (χ1) is 12.7. The largest absolute Gasteiger partial charge is 0.343 e. The van der Waals surface area contributed by atoms with E-state index >= 15 is 0 Å². The fourth-order valence-electron chi connectivity index (χ4n) is 4.39. The SMILES string of the molecule is O=C(CCC1CCCC1)N1CCC(n2nnc3ccccc3c2=O)CC1. The lowest BCUT2D eigenvalue weighted by atomic mass is 10.00. The molecule has 26 heavy (non-hydrogen) atoms. The molecule has 6 nitrogen and oxygen atoms in total. The molecule has 0 spiro atoms. The van der Waals surface area contributed by atoms with Crippen molar-refractivity contribution in [1.82, 2.24) is 19.9 Å². The minimum atomic E-state index is -0.0818. The Balaban J connectivity index is 1.36. The summed E-state index contributed by atoms with van der Waals surface area (Å²) in [5.41, 5.74) is 0.551. The van der Waals surface area contributed by atoms with Crippen molar-refractivity contribution in [2.24, 2.45) is 5.92 Å². The topological polar surface area (TPSA) is 68.1 Å². The van der Waals surface area contributed by atoms with Gasteiger partial charge in [0.1, 0.15) is 5.52 Å². The maximum Gasteiger partial charge on any atom is 0.277 e. The second-order valence-corrected chi connectivity index (χ2v) is 7.66. The fraction of sp³-hybridized carbons (Fsp3) is 0.600. The van der Waals surface area contributed by atoms with Gasteiger partial charge in [0.2, 0.25) is 5.91 Å². The number of piperidine rings is 1. The average Bonchev–Trinajstić information content (AvgIpc) is 3.20. The molecule has 6 heteroatoms. The molecule has 4 rings (SSSR count). The molecule has 138 valence electrons. The summed E-state index contributed by atoms with van der Waals surface area (Å²) in [4.78, 5) is 27.1. The zero-order valence-corrected chi connectivity index (χ0v) is 15.1. The van der Waals surface area contributed by atoms with Crippen LogP contribution in [0.15, 0.2) is 29.1 Å². The van der Waals surface area contributed by atoms with Gasteiger partial charge >= 0.3 is 0 Å². The first kappa shape index (κ1) is 17.2. The van der Waals surface area contributed by atoms with Gasteiger partial charge < -0.3 is 4.90 Å². The molecule has 0 unspecified atom stereocenters. The molecule has 1 aliphatic heterocycles. The third-order valence-corrected chi connectivity index (χ3v) is 6.00. The van der Waals surface area contributed by atoms with E-state index in [1.54, 1.807) is 12.1 Å². The van der Waals surface area contributed by atoms with Crippen LogP contribution in [0.1, 0.15) is 57.4 Å². The van der Waals surface area contributed by atoms with E-state index < -0.39 is 0 Å². The van der Waals surface area contributed by atoms with Crippen LogP contribution >= 0.6 is 0 Å². The van der Waals surface area contributed by atoms with E-state index in [0.29, 0.717) is 30.4 Å². The number of likely N-dealkylation sites (tertiary alicyclic amines) is 1. The molecule has 1 saturated carbocycles. The van der Waals surface area contributed by atoms with Gasteiger partial charge in [-0.2, -0.15) is 0 Å². The van der Waals surface area contributed by atoms with Crippen molar-refractivity contribution in [2.75, 3.05) is 13.1 Å². The summed E-state index contributed by atoms with van der Waals surface area (Å²) >= 11 is 0. The Morgan fingerprint density at radius 3 is 2.58 bits per heavy atom. The predicted octanol–water partition coefficient (Wildman–Crippen LogP) is 2.93. The second kappa shape index (κ2) is 7.56. The van der Waals surface area contributed by atoms with Crippen LogP contribution in [-0.4, -0.2) is 38.9 Å². The summed E-state index contributed by atoms with van der Waals surface area (Å²) in [7, 11) is 0. The Morgan fingerprint density at radius 2 is 1.81 bits per heavy atom. The Bertz CT molecular complexity index is 833. The van der Waals surface area contributed by atoms with Gasteiger partial charge in [-0.3, -0.25) is 9.59 Å². The average molecular weight is 354 g/mol. The van der Waals surface area contributed by atoms with Crippen LogP contribution in [0.3, 0.4) is 0 Å². The maximum atomic E-state index is 12.7. The van der Waals surface area contributed by atoms with E-state index in [1.807, 2.05) is 17.0 Å². The van der Waals surface area contributed by atoms with Gasteiger partial charge in [-0.05, 0) is 37.3 Å². The summed E-state index contributed by atoms with van der Waals surface area (Å²) in [6, 6.07) is 7.33. The van der Waals surface area contributed by atoms with Crippen molar-refractivity contribution >= 4 is 16.8 Å². The first-order valence-corrected chi connectivity index (χ1v) is 9.84. The number of fused-ring (bicyclic) bond motifs is 1. The third-order valence-electron chi connectivity index (χ3n) is 6.00. The van der Waals surface area contributed by atoms with Crippen molar-refractivity contribution in [3.05, 3.63) is 34.6 Å². The van der Waals surface area contributed by atoms with Gasteiger partial charge in [0.25, 0.3) is 5.56 Å². The maximum absolute atomic E-state index is 12.7. The van der Waals surface area contributed by atoms with Crippen LogP contribution < -0.4 is 5.56 Å². The summed E-state index contributed by atoms with van der Waals surface area (Å²) < 4.78 is 1.52. The zero-order chi connectivity index (χ0) is 17.9. The number of carbonyl (C=O) groups excluding carboxylic acids is 1. The molecular weight excluding hydrogens is 328 g/mol. The smallest absolute Gasteiger partial charge is 0.277 e. The molecule has 0 atom stereocenters. The molecule has 1 amide bonds. The predicted molar refractivity (Wildman–Crippen MR) is 99.8 cm³/mol. The highest BCUT2D eigenvalue weighted by Gasteiger charge is 2.26. The van der Waals surface area contributed by atoms with E-state index in [9.17, 15) is 9.59 Å². The summed E-state index contributed by atoms with van der Waals surface area (Å²) in [6.45, 7) is 1.41. The van der Waals surface area contributed by atoms with E-state index in [4.69, 9.17) is 0 Å². The van der Waals surface area contributed by atoms with Crippen molar-refractivity contribution < 1.29 is 4.79 Å². The first-order valence-electron chi connectivity index (χ1n) is 9.84. The summed E-state index contributed by atoms with van der Waals surface area (Å²) in [6.07, 6.45) is 8.47. The molecule has 1 aromatic heterocycles. The van der Waals surface area contributed by atoms with E-state index in [1.165, 1.54) is 30.4 Å². The number of hydrogen-bond donors (Lipinski definition) is 0. The molecule has 1 aliphatic carbocycles. The number of amides is 1. The fourth-order valence-corrected chi connectivity index (χ4v) is 4.39. The third kappa shape index (κ3) is 3.50. The van der Waals surface area contributed by atoms with Crippen LogP contribution in [0.2, 0.25) is 0 Å². The van der Waals surface area contributed by atoms with Gasteiger partial charge in [0, 0.05) is 19.5 Å². The number of nitrogens with zero attached hydrogens (tertiary/aromatic N) is 4. The molecule has 2 heterocycles.